The summed E-state index contributed by atoms with van der Waals surface area (Å²) in [6.45, 7) is 3.41. The van der Waals surface area contributed by atoms with E-state index in [0.29, 0.717) is 68.3 Å². The molecule has 0 aliphatic rings. The van der Waals surface area contributed by atoms with Gasteiger partial charge in [0.05, 0.1) is 44.3 Å². The van der Waals surface area contributed by atoms with Crippen LogP contribution in [-0.2, 0) is 47.2 Å². The Labute approximate surface area is 491 Å². The van der Waals surface area contributed by atoms with Crippen LogP contribution < -0.4 is 23.5 Å². The molecule has 0 radical (unpaired) electrons. The van der Waals surface area contributed by atoms with E-state index in [1.165, 1.54) is 43.9 Å². The molecule has 2 heterocycles. The van der Waals surface area contributed by atoms with Gasteiger partial charge in [0.1, 0.15) is 47.3 Å². The number of halogens is 5. The van der Waals surface area contributed by atoms with Gasteiger partial charge in [0.25, 0.3) is 20.0 Å². The Hall–Kier alpha value is -7.96. The largest absolute Gasteiger partial charge is 0.488 e. The van der Waals surface area contributed by atoms with Crippen LogP contribution in [0.4, 0.5) is 20.2 Å². The van der Waals surface area contributed by atoms with Gasteiger partial charge < -0.3 is 19.5 Å². The van der Waals surface area contributed by atoms with Crippen LogP contribution in [0.5, 0.6) is 23.0 Å². The van der Waals surface area contributed by atoms with Crippen molar-refractivity contribution in [1.82, 2.24) is 29.5 Å². The predicted octanol–water partition coefficient (Wildman–Crippen LogP) is 12.0. The second-order valence-electron chi connectivity index (χ2n) is 18.1. The molecular weight excluding hydrogens is 1200 g/mol. The smallest absolute Gasteiger partial charge is 0.457 e. The maximum absolute atomic E-state index is 14.0. The molecule has 0 amide bonds. The Balaban J connectivity index is 0.000000183. The molecule has 82 heavy (non-hydrogen) atoms. The molecule has 0 spiro atoms. The van der Waals surface area contributed by atoms with Gasteiger partial charge in [-0.15, -0.1) is 0 Å². The summed E-state index contributed by atoms with van der Waals surface area (Å²) >= 11 is 14.7. The molecule has 8 aromatic carbocycles. The van der Waals surface area contributed by atoms with E-state index >= 15 is 0 Å². The Morgan fingerprint density at radius 1 is 0.537 bits per heavy atom. The van der Waals surface area contributed by atoms with E-state index < -0.39 is 38.8 Å². The van der Waals surface area contributed by atoms with E-state index in [-0.39, 0.29) is 38.4 Å². The minimum Gasteiger partial charge on any atom is -0.457 e. The quantitative estimate of drug-likeness (QED) is 0.0870. The standard InChI is InChI=1S/C29H24ClFN4O3S.C23H21BrN4O3S.C6H5BClFO2/c1-20-16-21(22-8-14-27(31)26(30)17-22)9-15-28(20)39(36,37)35(18-29-32-19-34(2)33-29)23-10-12-25(13-11-23)38-24-6-4-3-5-7-24;1-17-14-18(24)8-13-22(17)32(29,30)28(15-23-25-16-27(2)26-23)19-9-11-21(12-10-19)31-20-6-4-3-5-7-20;8-5-3-4(7(10)11)1-2-6(5)9/h3-17,19H,18H2,1-2H3;3-14,16H,15H2,1-2H3;1-3,10-11H. The molecule has 0 aliphatic heterocycles. The second kappa shape index (κ2) is 26.8. The second-order valence-corrected chi connectivity index (χ2v) is 23.5. The first-order valence-corrected chi connectivity index (χ1v) is 29.1. The predicted molar refractivity (Wildman–Crippen MR) is 316 cm³/mol. The lowest BCUT2D eigenvalue weighted by Gasteiger charge is -2.24. The zero-order valence-corrected chi connectivity index (χ0v) is 48.8. The minimum absolute atomic E-state index is 0.00241. The minimum atomic E-state index is -4.04. The van der Waals surface area contributed by atoms with Crippen LogP contribution in [-0.4, -0.2) is 63.5 Å². The molecule has 0 saturated carbocycles. The van der Waals surface area contributed by atoms with Crippen molar-refractivity contribution in [2.75, 3.05) is 8.61 Å². The number of benzene rings is 8. The van der Waals surface area contributed by atoms with Gasteiger partial charge in [-0.3, -0.25) is 18.0 Å². The van der Waals surface area contributed by atoms with E-state index in [9.17, 15) is 25.6 Å². The molecule has 2 N–H and O–H groups in total. The summed E-state index contributed by atoms with van der Waals surface area (Å²) in [7, 11) is -6.07. The van der Waals surface area contributed by atoms with Crippen LogP contribution in [0.15, 0.2) is 209 Å². The van der Waals surface area contributed by atoms with E-state index in [0.717, 1.165) is 10.5 Å². The summed E-state index contributed by atoms with van der Waals surface area (Å²) in [6, 6.07) is 50.4. The van der Waals surface area contributed by atoms with Gasteiger partial charge in [-0.1, -0.05) is 99.8 Å². The summed E-state index contributed by atoms with van der Waals surface area (Å²) < 4.78 is 99.7. The number of hydrogen-bond acceptors (Lipinski definition) is 12. The van der Waals surface area contributed by atoms with Gasteiger partial charge >= 0.3 is 7.12 Å². The lowest BCUT2D eigenvalue weighted by molar-refractivity contribution is 0.425. The highest BCUT2D eigenvalue weighted by Gasteiger charge is 2.30. The van der Waals surface area contributed by atoms with Gasteiger partial charge in [-0.05, 0) is 163 Å². The SMILES string of the molecule is Cc1cc(-c2ccc(F)c(Cl)c2)ccc1S(=O)(=O)N(Cc1ncn(C)n1)c1ccc(Oc2ccccc2)cc1.Cc1cc(Br)ccc1S(=O)(=O)N(Cc1ncn(C)n1)c1ccc(Oc2ccccc2)cc1.OB(O)c1ccc(F)c(Cl)c1. The van der Waals surface area contributed by atoms with E-state index in [1.807, 2.05) is 60.7 Å². The van der Waals surface area contributed by atoms with Gasteiger partial charge in [-0.25, -0.2) is 35.6 Å². The molecule has 2 aromatic heterocycles. The third-order valence-electron chi connectivity index (χ3n) is 12.0. The number of aryl methyl sites for hydroxylation is 4. The van der Waals surface area contributed by atoms with Crippen molar-refractivity contribution < 1.29 is 45.1 Å². The number of anilines is 2. The highest BCUT2D eigenvalue weighted by atomic mass is 79.9. The number of sulfonamides is 2. The third-order valence-corrected chi connectivity index (χ3v) is 17.0. The van der Waals surface area contributed by atoms with E-state index in [2.05, 4.69) is 36.1 Å². The van der Waals surface area contributed by atoms with Crippen LogP contribution in [0.25, 0.3) is 11.1 Å². The van der Waals surface area contributed by atoms with Crippen molar-refractivity contribution in [2.24, 2.45) is 14.1 Å². The van der Waals surface area contributed by atoms with Crippen LogP contribution >= 0.6 is 39.1 Å². The Bertz CT molecular complexity index is 4050. The van der Waals surface area contributed by atoms with Crippen LogP contribution in [0.1, 0.15) is 22.8 Å². The first kappa shape index (κ1) is 60.1. The normalized spacial score (nSPS) is 11.2. The number of rotatable bonds is 16. The maximum atomic E-state index is 14.0. The van der Waals surface area contributed by atoms with Crippen LogP contribution in [0.3, 0.4) is 0 Å². The monoisotopic (exact) mass is 1250 g/mol. The Morgan fingerprint density at radius 3 is 1.34 bits per heavy atom. The molecule has 10 aromatic rings. The molecule has 24 heteroatoms. The van der Waals surface area contributed by atoms with Crippen LogP contribution in [0, 0.1) is 25.5 Å². The van der Waals surface area contributed by atoms with Crippen LogP contribution in [0.2, 0.25) is 10.0 Å². The van der Waals surface area contributed by atoms with E-state index in [4.69, 9.17) is 42.7 Å². The highest BCUT2D eigenvalue weighted by Crippen LogP contribution is 2.35. The molecule has 0 unspecified atom stereocenters. The van der Waals surface area contributed by atoms with Crippen molar-refractivity contribution in [3.05, 3.63) is 244 Å². The van der Waals surface area contributed by atoms with Gasteiger partial charge in [0.2, 0.25) is 0 Å². The first-order valence-electron chi connectivity index (χ1n) is 24.7. The summed E-state index contributed by atoms with van der Waals surface area (Å²) in [6.07, 6.45) is 3.06. The molecule has 0 aliphatic carbocycles. The average Bonchev–Trinajstić information content (AvgIpc) is 4.13. The van der Waals surface area contributed by atoms with Crippen molar-refractivity contribution in [3.63, 3.8) is 0 Å². The molecule has 0 saturated heterocycles. The Morgan fingerprint density at radius 2 is 0.939 bits per heavy atom. The molecule has 16 nitrogen and oxygen atoms in total. The lowest BCUT2D eigenvalue weighted by atomic mass is 9.80. The van der Waals surface area contributed by atoms with Crippen molar-refractivity contribution in [3.8, 4) is 34.1 Å². The van der Waals surface area contributed by atoms with E-state index in [1.54, 1.807) is 130 Å². The number of para-hydroxylation sites is 2. The molecule has 10 rings (SSSR count). The average molecular weight is 1250 g/mol. The highest BCUT2D eigenvalue weighted by molar-refractivity contribution is 9.10. The topological polar surface area (TPSA) is 195 Å². The fraction of sp³-hybridized carbons (Fsp3) is 0.103. The summed E-state index contributed by atoms with van der Waals surface area (Å²) in [5, 5.41) is 25.6. The molecule has 0 bridgehead atoms. The summed E-state index contributed by atoms with van der Waals surface area (Å²) in [4.78, 5) is 8.79. The maximum Gasteiger partial charge on any atom is 0.488 e. The number of nitrogens with zero attached hydrogens (tertiary/aromatic N) is 8. The number of ether oxygens (including phenoxy) is 2. The van der Waals surface area contributed by atoms with Gasteiger partial charge in [0, 0.05) is 18.6 Å². The number of aromatic nitrogens is 6. The molecule has 0 fully saturated rings. The first-order chi connectivity index (χ1) is 39.1. The number of hydrogen-bond donors (Lipinski definition) is 2. The summed E-state index contributed by atoms with van der Waals surface area (Å²) in [5.41, 5.74) is 3.65. The molecule has 0 atom stereocenters. The van der Waals surface area contributed by atoms with Gasteiger partial charge in [0.15, 0.2) is 11.6 Å². The molecular formula is C58H50BBrCl2F2N8O8S2. The zero-order valence-electron chi connectivity index (χ0n) is 44.1. The Kier molecular flexibility index (Phi) is 19.6. The lowest BCUT2D eigenvalue weighted by Crippen LogP contribution is -2.31. The van der Waals surface area contributed by atoms with Crippen molar-refractivity contribution >= 4 is 83.1 Å². The van der Waals surface area contributed by atoms with Gasteiger partial charge in [-0.2, -0.15) is 10.2 Å². The molecule has 420 valence electrons. The van der Waals surface area contributed by atoms with Crippen molar-refractivity contribution in [1.29, 1.82) is 0 Å². The van der Waals surface area contributed by atoms with Crippen molar-refractivity contribution in [2.45, 2.75) is 36.7 Å². The fourth-order valence-electron chi connectivity index (χ4n) is 8.02. The fourth-order valence-corrected chi connectivity index (χ4v) is 12.1. The third kappa shape index (κ3) is 15.3. The summed E-state index contributed by atoms with van der Waals surface area (Å²) in [5.74, 6) is 2.20. The zero-order chi connectivity index (χ0) is 58.7.